The van der Waals surface area contributed by atoms with Crippen LogP contribution in [0.4, 0.5) is 29.3 Å². The molecular weight excluding hydrogens is 271 g/mol. The Labute approximate surface area is 114 Å². The predicted molar refractivity (Wildman–Crippen MR) is 71.0 cm³/mol. The van der Waals surface area contributed by atoms with Crippen molar-refractivity contribution in [2.24, 2.45) is 0 Å². The van der Waals surface area contributed by atoms with E-state index in [2.05, 4.69) is 10.2 Å². The van der Waals surface area contributed by atoms with E-state index < -0.39 is 18.8 Å². The first kappa shape index (κ1) is 14.5. The van der Waals surface area contributed by atoms with Gasteiger partial charge in [0.05, 0.1) is 0 Å². The third kappa shape index (κ3) is 4.32. The number of carbonyl (C=O) groups excluding carboxylic acids is 1. The summed E-state index contributed by atoms with van der Waals surface area (Å²) < 4.78 is 35.8. The molecule has 0 aromatic heterocycles. The molecule has 0 aliphatic carbocycles. The van der Waals surface area contributed by atoms with Crippen LogP contribution in [0.25, 0.3) is 0 Å². The summed E-state index contributed by atoms with van der Waals surface area (Å²) in [5, 5.41) is 4.12. The van der Waals surface area contributed by atoms with Crippen molar-refractivity contribution >= 4 is 17.4 Å². The minimum Gasteiger partial charge on any atom is -0.372 e. The molecule has 1 aliphatic rings. The summed E-state index contributed by atoms with van der Waals surface area (Å²) in [5.41, 5.74) is 1.52. The average molecular weight is 287 g/mol. The molecule has 1 heterocycles. The largest absolute Gasteiger partial charge is 0.405 e. The van der Waals surface area contributed by atoms with Gasteiger partial charge in [-0.05, 0) is 37.1 Å². The standard InChI is InChI=1S/C13H16F3N3O/c14-13(15,16)9-17-12(20)18-10-3-5-11(6-4-10)19-7-1-2-8-19/h3-6H,1-2,7-9H2,(H2,17,18,20). The van der Waals surface area contributed by atoms with Crippen LogP contribution < -0.4 is 15.5 Å². The van der Waals surface area contributed by atoms with Crippen molar-refractivity contribution in [3.63, 3.8) is 0 Å². The summed E-state index contributed by atoms with van der Waals surface area (Å²) in [6.45, 7) is 0.683. The number of nitrogens with zero attached hydrogens (tertiary/aromatic N) is 1. The molecule has 0 radical (unpaired) electrons. The number of nitrogens with one attached hydrogen (secondary N) is 2. The molecule has 1 saturated heterocycles. The third-order valence-corrected chi connectivity index (χ3v) is 3.05. The summed E-state index contributed by atoms with van der Waals surface area (Å²) in [5.74, 6) is 0. The van der Waals surface area contributed by atoms with Gasteiger partial charge in [-0.15, -0.1) is 0 Å². The third-order valence-electron chi connectivity index (χ3n) is 3.05. The maximum atomic E-state index is 11.9. The van der Waals surface area contributed by atoms with Gasteiger partial charge in [-0.2, -0.15) is 13.2 Å². The van der Waals surface area contributed by atoms with Crippen LogP contribution in [-0.4, -0.2) is 31.8 Å². The van der Waals surface area contributed by atoms with Crippen molar-refractivity contribution in [1.29, 1.82) is 0 Å². The molecular formula is C13H16F3N3O. The number of anilines is 2. The fraction of sp³-hybridized carbons (Fsp3) is 0.462. The van der Waals surface area contributed by atoms with Crippen LogP contribution >= 0.6 is 0 Å². The molecule has 1 aliphatic heterocycles. The SMILES string of the molecule is O=C(NCC(F)(F)F)Nc1ccc(N2CCCC2)cc1. The van der Waals surface area contributed by atoms with Gasteiger partial charge in [0.25, 0.3) is 0 Å². The van der Waals surface area contributed by atoms with Gasteiger partial charge in [0.1, 0.15) is 6.54 Å². The highest BCUT2D eigenvalue weighted by Crippen LogP contribution is 2.22. The van der Waals surface area contributed by atoms with Crippen molar-refractivity contribution in [3.05, 3.63) is 24.3 Å². The zero-order valence-corrected chi connectivity index (χ0v) is 10.8. The lowest BCUT2D eigenvalue weighted by atomic mass is 10.2. The maximum absolute atomic E-state index is 11.9. The van der Waals surface area contributed by atoms with Gasteiger partial charge >= 0.3 is 12.2 Å². The molecule has 1 aromatic rings. The van der Waals surface area contributed by atoms with E-state index in [9.17, 15) is 18.0 Å². The second-order valence-corrected chi connectivity index (χ2v) is 4.66. The van der Waals surface area contributed by atoms with Gasteiger partial charge in [0.15, 0.2) is 0 Å². The van der Waals surface area contributed by atoms with Crippen molar-refractivity contribution in [3.8, 4) is 0 Å². The van der Waals surface area contributed by atoms with E-state index >= 15 is 0 Å². The molecule has 1 fully saturated rings. The number of hydrogen-bond donors (Lipinski definition) is 2. The van der Waals surface area contributed by atoms with Crippen LogP contribution in [0, 0.1) is 0 Å². The molecule has 0 unspecified atom stereocenters. The Morgan fingerprint density at radius 2 is 1.75 bits per heavy atom. The topological polar surface area (TPSA) is 44.4 Å². The molecule has 0 spiro atoms. The molecule has 2 N–H and O–H groups in total. The number of hydrogen-bond acceptors (Lipinski definition) is 2. The fourth-order valence-corrected chi connectivity index (χ4v) is 2.09. The first-order chi connectivity index (χ1) is 9.44. The van der Waals surface area contributed by atoms with Gasteiger partial charge < -0.3 is 15.5 Å². The van der Waals surface area contributed by atoms with Crippen LogP contribution in [0.15, 0.2) is 24.3 Å². The number of rotatable bonds is 3. The van der Waals surface area contributed by atoms with E-state index in [1.165, 1.54) is 12.8 Å². The first-order valence-electron chi connectivity index (χ1n) is 6.41. The van der Waals surface area contributed by atoms with Crippen LogP contribution in [0.2, 0.25) is 0 Å². The maximum Gasteiger partial charge on any atom is 0.405 e. The van der Waals surface area contributed by atoms with Crippen LogP contribution in [0.1, 0.15) is 12.8 Å². The predicted octanol–water partition coefficient (Wildman–Crippen LogP) is 2.97. The Balaban J connectivity index is 1.85. The highest BCUT2D eigenvalue weighted by atomic mass is 19.4. The molecule has 0 saturated carbocycles. The van der Waals surface area contributed by atoms with E-state index in [1.54, 1.807) is 17.4 Å². The molecule has 110 valence electrons. The molecule has 0 atom stereocenters. The van der Waals surface area contributed by atoms with E-state index in [0.717, 1.165) is 18.8 Å². The number of carbonyl (C=O) groups is 1. The average Bonchev–Trinajstić information content (AvgIpc) is 2.90. The first-order valence-corrected chi connectivity index (χ1v) is 6.41. The van der Waals surface area contributed by atoms with E-state index in [4.69, 9.17) is 0 Å². The van der Waals surface area contributed by atoms with Crippen molar-refractivity contribution < 1.29 is 18.0 Å². The number of amides is 2. The Hall–Kier alpha value is -1.92. The molecule has 0 bridgehead atoms. The minimum absolute atomic E-state index is 0.465. The van der Waals surface area contributed by atoms with Crippen molar-refractivity contribution in [2.75, 3.05) is 29.9 Å². The monoisotopic (exact) mass is 287 g/mol. The lowest BCUT2D eigenvalue weighted by Gasteiger charge is -2.18. The van der Waals surface area contributed by atoms with Gasteiger partial charge in [0, 0.05) is 24.5 Å². The zero-order chi connectivity index (χ0) is 14.6. The van der Waals surface area contributed by atoms with Gasteiger partial charge in [0.2, 0.25) is 0 Å². The lowest BCUT2D eigenvalue weighted by Crippen LogP contribution is -2.36. The van der Waals surface area contributed by atoms with E-state index in [1.807, 2.05) is 12.1 Å². The minimum atomic E-state index is -4.41. The normalized spacial score (nSPS) is 15.2. The van der Waals surface area contributed by atoms with Gasteiger partial charge in [-0.1, -0.05) is 0 Å². The smallest absolute Gasteiger partial charge is 0.372 e. The van der Waals surface area contributed by atoms with Crippen LogP contribution in [0.3, 0.4) is 0 Å². The highest BCUT2D eigenvalue weighted by Gasteiger charge is 2.27. The van der Waals surface area contributed by atoms with Crippen molar-refractivity contribution in [2.45, 2.75) is 19.0 Å². The second kappa shape index (κ2) is 6.02. The molecule has 2 amide bonds. The second-order valence-electron chi connectivity index (χ2n) is 4.66. The van der Waals surface area contributed by atoms with Crippen LogP contribution in [0.5, 0.6) is 0 Å². The Bertz CT molecular complexity index is 453. The number of urea groups is 1. The fourth-order valence-electron chi connectivity index (χ4n) is 2.09. The van der Waals surface area contributed by atoms with Crippen LogP contribution in [-0.2, 0) is 0 Å². The molecule has 4 nitrogen and oxygen atoms in total. The van der Waals surface area contributed by atoms with E-state index in [0.29, 0.717) is 5.69 Å². The Morgan fingerprint density at radius 1 is 1.15 bits per heavy atom. The Morgan fingerprint density at radius 3 is 2.30 bits per heavy atom. The van der Waals surface area contributed by atoms with E-state index in [-0.39, 0.29) is 0 Å². The molecule has 7 heteroatoms. The summed E-state index contributed by atoms with van der Waals surface area (Å²) in [7, 11) is 0. The Kier molecular flexibility index (Phi) is 4.36. The van der Waals surface area contributed by atoms with Gasteiger partial charge in [-0.3, -0.25) is 0 Å². The number of halogens is 3. The van der Waals surface area contributed by atoms with Gasteiger partial charge in [-0.25, -0.2) is 4.79 Å². The molecule has 2 rings (SSSR count). The summed E-state index contributed by atoms with van der Waals surface area (Å²) in [6, 6.07) is 6.20. The summed E-state index contributed by atoms with van der Waals surface area (Å²) in [6.07, 6.45) is -2.07. The lowest BCUT2D eigenvalue weighted by molar-refractivity contribution is -0.122. The summed E-state index contributed by atoms with van der Waals surface area (Å²) in [4.78, 5) is 13.5. The highest BCUT2D eigenvalue weighted by molar-refractivity contribution is 5.89. The zero-order valence-electron chi connectivity index (χ0n) is 10.8. The quantitative estimate of drug-likeness (QED) is 0.897. The van der Waals surface area contributed by atoms with Crippen molar-refractivity contribution in [1.82, 2.24) is 5.32 Å². The number of alkyl halides is 3. The summed E-state index contributed by atoms with van der Waals surface area (Å²) >= 11 is 0. The molecule has 1 aromatic carbocycles. The molecule has 20 heavy (non-hydrogen) atoms. The number of benzene rings is 1.